The van der Waals surface area contributed by atoms with E-state index in [-0.39, 0.29) is 42.7 Å². The van der Waals surface area contributed by atoms with Crippen molar-refractivity contribution in [2.75, 3.05) is 25.4 Å². The van der Waals surface area contributed by atoms with Crippen LogP contribution in [0.2, 0.25) is 0 Å². The summed E-state index contributed by atoms with van der Waals surface area (Å²) >= 11 is 0.944. The largest absolute Gasteiger partial charge is 0.469 e. The van der Waals surface area contributed by atoms with Gasteiger partial charge in [0.2, 0.25) is 11.8 Å². The summed E-state index contributed by atoms with van der Waals surface area (Å²) in [6.45, 7) is 3.71. The molecule has 0 heterocycles. The summed E-state index contributed by atoms with van der Waals surface area (Å²) in [6.07, 6.45) is -1.82. The van der Waals surface area contributed by atoms with Gasteiger partial charge in [-0.1, -0.05) is 25.6 Å². The minimum atomic E-state index is -4.73. The molecule has 11 nitrogen and oxygen atoms in total. The lowest BCUT2D eigenvalue weighted by molar-refractivity contribution is -0.137. The molecular formula is C15H27N2O9PS. The fourth-order valence-electron chi connectivity index (χ4n) is 1.78. The molecule has 13 heteroatoms. The number of aliphatic hydroxyl groups is 1. The number of thioether (sulfide) groups is 1. The summed E-state index contributed by atoms with van der Waals surface area (Å²) in [4.78, 5) is 63.0. The Kier molecular flexibility index (Phi) is 11.7. The number of phosphoric acid groups is 1. The Morgan fingerprint density at radius 1 is 1.14 bits per heavy atom. The van der Waals surface area contributed by atoms with E-state index in [2.05, 4.69) is 15.2 Å². The molecule has 0 aromatic carbocycles. The second-order valence-electron chi connectivity index (χ2n) is 6.65. The molecule has 0 unspecified atom stereocenters. The molecule has 0 saturated heterocycles. The van der Waals surface area contributed by atoms with Gasteiger partial charge in [0, 0.05) is 30.7 Å². The molecule has 0 aromatic rings. The van der Waals surface area contributed by atoms with Crippen LogP contribution in [0.25, 0.3) is 0 Å². The SMILES string of the molecule is CC(=O)CC(=O)SCCNC(=O)CCNC(=O)[C@H](O)C(C)(C)COP(=O)(O)O. The van der Waals surface area contributed by atoms with Gasteiger partial charge in [0.25, 0.3) is 0 Å². The molecule has 1 atom stereocenters. The molecular weight excluding hydrogens is 415 g/mol. The second-order valence-corrected chi connectivity index (χ2v) is 9.04. The van der Waals surface area contributed by atoms with E-state index < -0.39 is 31.9 Å². The van der Waals surface area contributed by atoms with Gasteiger partial charge < -0.3 is 25.5 Å². The number of nitrogens with one attached hydrogen (secondary N) is 2. The van der Waals surface area contributed by atoms with Crippen molar-refractivity contribution in [3.63, 3.8) is 0 Å². The first kappa shape index (κ1) is 26.7. The predicted molar refractivity (Wildman–Crippen MR) is 101 cm³/mol. The van der Waals surface area contributed by atoms with E-state index in [1.807, 2.05) is 0 Å². The molecule has 28 heavy (non-hydrogen) atoms. The van der Waals surface area contributed by atoms with Gasteiger partial charge >= 0.3 is 7.82 Å². The van der Waals surface area contributed by atoms with Crippen LogP contribution in [0.5, 0.6) is 0 Å². The van der Waals surface area contributed by atoms with Crippen molar-refractivity contribution < 1.29 is 43.2 Å². The first-order valence-electron chi connectivity index (χ1n) is 8.32. The number of phosphoric ester groups is 1. The van der Waals surface area contributed by atoms with Crippen LogP contribution in [0.4, 0.5) is 0 Å². The summed E-state index contributed by atoms with van der Waals surface area (Å²) in [6, 6.07) is 0. The maximum Gasteiger partial charge on any atom is 0.469 e. The van der Waals surface area contributed by atoms with Gasteiger partial charge in [-0.2, -0.15) is 0 Å². The number of ketones is 1. The number of carbonyl (C=O) groups is 4. The normalized spacial score (nSPS) is 12.9. The standard InChI is InChI=1S/C15H27N2O9PS/c1-10(18)8-12(20)28-7-6-16-11(19)4-5-17-14(22)13(21)15(2,3)9-26-27(23,24)25/h13,21H,4-9H2,1-3H3,(H,16,19)(H,17,22)(H2,23,24,25)/t13-/m0/s1. The van der Waals surface area contributed by atoms with E-state index in [0.717, 1.165) is 11.8 Å². The minimum absolute atomic E-state index is 0.0619. The van der Waals surface area contributed by atoms with Crippen LogP contribution in [0.1, 0.15) is 33.6 Å². The molecule has 0 aromatic heterocycles. The number of carbonyl (C=O) groups excluding carboxylic acids is 4. The molecule has 0 bridgehead atoms. The number of rotatable bonds is 13. The molecule has 0 aliphatic heterocycles. The Morgan fingerprint density at radius 2 is 1.75 bits per heavy atom. The topological polar surface area (TPSA) is 179 Å². The van der Waals surface area contributed by atoms with Crippen LogP contribution >= 0.6 is 19.6 Å². The van der Waals surface area contributed by atoms with E-state index >= 15 is 0 Å². The zero-order valence-electron chi connectivity index (χ0n) is 16.0. The Labute approximate surface area is 167 Å². The summed E-state index contributed by atoms with van der Waals surface area (Å²) in [5.41, 5.74) is -1.27. The second kappa shape index (κ2) is 12.3. The molecule has 0 radical (unpaired) electrons. The molecule has 0 aliphatic carbocycles. The lowest BCUT2D eigenvalue weighted by atomic mass is 9.87. The Bertz CT molecular complexity index is 621. The van der Waals surface area contributed by atoms with E-state index in [1.54, 1.807) is 0 Å². The monoisotopic (exact) mass is 442 g/mol. The van der Waals surface area contributed by atoms with Crippen LogP contribution in [-0.2, 0) is 28.3 Å². The molecule has 0 spiro atoms. The maximum absolute atomic E-state index is 11.9. The fourth-order valence-corrected chi connectivity index (χ4v) is 3.02. The quantitative estimate of drug-likeness (QED) is 0.140. The van der Waals surface area contributed by atoms with Crippen LogP contribution in [-0.4, -0.2) is 69.2 Å². The van der Waals surface area contributed by atoms with E-state index in [9.17, 15) is 28.8 Å². The van der Waals surface area contributed by atoms with Gasteiger partial charge in [-0.25, -0.2) is 4.57 Å². The predicted octanol–water partition coefficient (Wildman–Crippen LogP) is -0.656. The number of hydrogen-bond donors (Lipinski definition) is 5. The van der Waals surface area contributed by atoms with Crippen molar-refractivity contribution in [1.29, 1.82) is 0 Å². The van der Waals surface area contributed by atoms with Gasteiger partial charge in [-0.15, -0.1) is 0 Å². The molecule has 0 aliphatic rings. The lowest BCUT2D eigenvalue weighted by Crippen LogP contribution is -2.46. The van der Waals surface area contributed by atoms with Gasteiger partial charge in [0.15, 0.2) is 5.12 Å². The van der Waals surface area contributed by atoms with Crippen molar-refractivity contribution in [2.45, 2.75) is 39.7 Å². The molecule has 0 rings (SSSR count). The number of amides is 2. The fraction of sp³-hybridized carbons (Fsp3) is 0.733. The highest BCUT2D eigenvalue weighted by atomic mass is 32.2. The first-order chi connectivity index (χ1) is 12.7. The summed E-state index contributed by atoms with van der Waals surface area (Å²) < 4.78 is 15.0. The number of aliphatic hydroxyl groups excluding tert-OH is 1. The summed E-state index contributed by atoms with van der Waals surface area (Å²) in [5.74, 6) is -1.09. The molecule has 0 saturated carbocycles. The van der Waals surface area contributed by atoms with Crippen LogP contribution in [0, 0.1) is 5.41 Å². The highest BCUT2D eigenvalue weighted by Crippen LogP contribution is 2.38. The third-order valence-corrected chi connectivity index (χ3v) is 4.67. The summed E-state index contributed by atoms with van der Waals surface area (Å²) in [5, 5.41) is 14.6. The van der Waals surface area contributed by atoms with E-state index in [1.165, 1.54) is 20.8 Å². The number of Topliss-reactive ketones (excluding diaryl/α,β-unsaturated/α-hetero) is 1. The minimum Gasteiger partial charge on any atom is -0.383 e. The molecule has 2 amide bonds. The van der Waals surface area contributed by atoms with Gasteiger partial charge in [0.1, 0.15) is 11.9 Å². The third kappa shape index (κ3) is 13.0. The zero-order chi connectivity index (χ0) is 22.0. The van der Waals surface area contributed by atoms with Crippen LogP contribution in [0.3, 0.4) is 0 Å². The smallest absolute Gasteiger partial charge is 0.383 e. The van der Waals surface area contributed by atoms with Gasteiger partial charge in [-0.3, -0.25) is 23.7 Å². The Morgan fingerprint density at radius 3 is 2.29 bits per heavy atom. The number of hydrogen-bond acceptors (Lipinski definition) is 8. The van der Waals surface area contributed by atoms with Gasteiger partial charge in [0.05, 0.1) is 13.0 Å². The molecule has 5 N–H and O–H groups in total. The van der Waals surface area contributed by atoms with Crippen molar-refractivity contribution in [1.82, 2.24) is 10.6 Å². The average Bonchev–Trinajstić information content (AvgIpc) is 2.55. The van der Waals surface area contributed by atoms with E-state index in [0.29, 0.717) is 5.75 Å². The summed E-state index contributed by atoms with van der Waals surface area (Å²) in [7, 11) is -4.73. The highest BCUT2D eigenvalue weighted by molar-refractivity contribution is 8.13. The third-order valence-electron chi connectivity index (χ3n) is 3.33. The van der Waals surface area contributed by atoms with Crippen molar-refractivity contribution in [3.8, 4) is 0 Å². The average molecular weight is 442 g/mol. The maximum atomic E-state index is 11.9. The van der Waals surface area contributed by atoms with Gasteiger partial charge in [-0.05, 0) is 6.92 Å². The Balaban J connectivity index is 4.09. The highest BCUT2D eigenvalue weighted by Gasteiger charge is 2.35. The lowest BCUT2D eigenvalue weighted by Gasteiger charge is -2.29. The Hall–Kier alpha value is -1.30. The van der Waals surface area contributed by atoms with Crippen molar-refractivity contribution >= 4 is 42.3 Å². The molecule has 0 fully saturated rings. The van der Waals surface area contributed by atoms with Crippen LogP contribution < -0.4 is 10.6 Å². The molecule has 162 valence electrons. The first-order valence-corrected chi connectivity index (χ1v) is 10.8. The van der Waals surface area contributed by atoms with Crippen molar-refractivity contribution in [2.24, 2.45) is 5.41 Å². The van der Waals surface area contributed by atoms with Crippen LogP contribution in [0.15, 0.2) is 0 Å². The van der Waals surface area contributed by atoms with E-state index in [4.69, 9.17) is 9.79 Å². The zero-order valence-corrected chi connectivity index (χ0v) is 17.7. The van der Waals surface area contributed by atoms with Crippen molar-refractivity contribution in [3.05, 3.63) is 0 Å².